The van der Waals surface area contributed by atoms with Gasteiger partial charge in [-0.25, -0.2) is 0 Å². The SMILES string of the molecule is COCCCN(C)CCOc1cccc(CNC(C)C)c1. The van der Waals surface area contributed by atoms with E-state index in [2.05, 4.69) is 49.3 Å². The van der Waals surface area contributed by atoms with Crippen LogP contribution in [0.25, 0.3) is 0 Å². The molecule has 1 aromatic carbocycles. The van der Waals surface area contributed by atoms with Crippen LogP contribution in [0.3, 0.4) is 0 Å². The van der Waals surface area contributed by atoms with Crippen molar-refractivity contribution in [2.45, 2.75) is 32.9 Å². The summed E-state index contributed by atoms with van der Waals surface area (Å²) >= 11 is 0. The molecule has 0 heterocycles. The molecule has 0 spiro atoms. The maximum Gasteiger partial charge on any atom is 0.119 e. The quantitative estimate of drug-likeness (QED) is 0.636. The molecule has 120 valence electrons. The maximum absolute atomic E-state index is 5.83. The number of methoxy groups -OCH3 is 1. The van der Waals surface area contributed by atoms with Crippen LogP contribution in [0.15, 0.2) is 24.3 Å². The van der Waals surface area contributed by atoms with Crippen LogP contribution < -0.4 is 10.1 Å². The number of benzene rings is 1. The van der Waals surface area contributed by atoms with Gasteiger partial charge in [0.05, 0.1) is 0 Å². The molecule has 0 aliphatic heterocycles. The topological polar surface area (TPSA) is 33.7 Å². The molecule has 0 aliphatic rings. The third-order valence-corrected chi connectivity index (χ3v) is 3.24. The van der Waals surface area contributed by atoms with Gasteiger partial charge in [0, 0.05) is 39.4 Å². The Morgan fingerprint density at radius 1 is 1.19 bits per heavy atom. The van der Waals surface area contributed by atoms with Gasteiger partial charge >= 0.3 is 0 Å². The van der Waals surface area contributed by atoms with E-state index in [1.165, 1.54) is 5.56 Å². The number of rotatable bonds is 11. The fraction of sp³-hybridized carbons (Fsp3) is 0.647. The van der Waals surface area contributed by atoms with Crippen molar-refractivity contribution in [3.05, 3.63) is 29.8 Å². The van der Waals surface area contributed by atoms with E-state index in [0.29, 0.717) is 12.6 Å². The Kier molecular flexibility index (Phi) is 9.06. The zero-order valence-electron chi connectivity index (χ0n) is 13.9. The minimum atomic E-state index is 0.496. The summed E-state index contributed by atoms with van der Waals surface area (Å²) in [7, 11) is 3.85. The van der Waals surface area contributed by atoms with Gasteiger partial charge in [-0.05, 0) is 31.2 Å². The summed E-state index contributed by atoms with van der Waals surface area (Å²) < 4.78 is 10.9. The molecule has 0 aliphatic carbocycles. The molecule has 4 nitrogen and oxygen atoms in total. The predicted octanol–water partition coefficient (Wildman–Crippen LogP) is 2.53. The predicted molar refractivity (Wildman–Crippen MR) is 87.9 cm³/mol. The Morgan fingerprint density at radius 2 is 2.00 bits per heavy atom. The molecule has 0 aromatic heterocycles. The fourth-order valence-corrected chi connectivity index (χ4v) is 1.98. The van der Waals surface area contributed by atoms with Crippen molar-refractivity contribution in [1.82, 2.24) is 10.2 Å². The van der Waals surface area contributed by atoms with Crippen molar-refractivity contribution >= 4 is 0 Å². The molecule has 0 unspecified atom stereocenters. The van der Waals surface area contributed by atoms with Crippen molar-refractivity contribution in [1.29, 1.82) is 0 Å². The molecule has 0 saturated heterocycles. The summed E-state index contributed by atoms with van der Waals surface area (Å²) in [6.45, 7) is 8.68. The van der Waals surface area contributed by atoms with Crippen molar-refractivity contribution in [3.8, 4) is 5.75 Å². The molecule has 1 N–H and O–H groups in total. The van der Waals surface area contributed by atoms with Crippen molar-refractivity contribution in [2.75, 3.05) is 40.5 Å². The third kappa shape index (κ3) is 8.71. The number of likely N-dealkylation sites (N-methyl/N-ethyl adjacent to an activating group) is 1. The summed E-state index contributed by atoms with van der Waals surface area (Å²) in [5, 5.41) is 3.42. The smallest absolute Gasteiger partial charge is 0.119 e. The van der Waals surface area contributed by atoms with Gasteiger partial charge in [-0.3, -0.25) is 0 Å². The number of nitrogens with zero attached hydrogens (tertiary/aromatic N) is 1. The second-order valence-corrected chi connectivity index (χ2v) is 5.68. The lowest BCUT2D eigenvalue weighted by atomic mass is 10.2. The van der Waals surface area contributed by atoms with E-state index in [4.69, 9.17) is 9.47 Å². The number of nitrogens with one attached hydrogen (secondary N) is 1. The van der Waals surface area contributed by atoms with Crippen molar-refractivity contribution in [2.24, 2.45) is 0 Å². The molecule has 1 aromatic rings. The van der Waals surface area contributed by atoms with E-state index in [-0.39, 0.29) is 0 Å². The Hall–Kier alpha value is -1.10. The second-order valence-electron chi connectivity index (χ2n) is 5.68. The average molecular weight is 294 g/mol. The molecular weight excluding hydrogens is 264 g/mol. The molecular formula is C17H30N2O2. The highest BCUT2D eigenvalue weighted by Crippen LogP contribution is 2.13. The first-order chi connectivity index (χ1) is 10.1. The highest BCUT2D eigenvalue weighted by molar-refractivity contribution is 5.28. The molecule has 0 radical (unpaired) electrons. The van der Waals surface area contributed by atoms with Gasteiger partial charge in [0.2, 0.25) is 0 Å². The van der Waals surface area contributed by atoms with Gasteiger partial charge in [0.1, 0.15) is 12.4 Å². The van der Waals surface area contributed by atoms with Gasteiger partial charge < -0.3 is 19.7 Å². The summed E-state index contributed by atoms with van der Waals surface area (Å²) in [6, 6.07) is 8.80. The zero-order valence-corrected chi connectivity index (χ0v) is 13.9. The van der Waals surface area contributed by atoms with Crippen LogP contribution in [0.5, 0.6) is 5.75 Å². The highest BCUT2D eigenvalue weighted by atomic mass is 16.5. The summed E-state index contributed by atoms with van der Waals surface area (Å²) in [5.41, 5.74) is 1.26. The fourth-order valence-electron chi connectivity index (χ4n) is 1.98. The monoisotopic (exact) mass is 294 g/mol. The standard InChI is InChI=1S/C17H30N2O2/c1-15(2)18-14-16-7-5-8-17(13-16)21-12-10-19(3)9-6-11-20-4/h5,7-8,13,15,18H,6,9-12,14H2,1-4H3. The Labute approximate surface area is 129 Å². The molecule has 1 rings (SSSR count). The number of hydrogen-bond donors (Lipinski definition) is 1. The summed E-state index contributed by atoms with van der Waals surface area (Å²) in [4.78, 5) is 2.27. The van der Waals surface area contributed by atoms with Crippen LogP contribution in [-0.2, 0) is 11.3 Å². The van der Waals surface area contributed by atoms with E-state index in [1.54, 1.807) is 7.11 Å². The zero-order chi connectivity index (χ0) is 15.5. The Bertz CT molecular complexity index is 383. The minimum absolute atomic E-state index is 0.496. The lowest BCUT2D eigenvalue weighted by Gasteiger charge is -2.17. The third-order valence-electron chi connectivity index (χ3n) is 3.24. The van der Waals surface area contributed by atoms with Crippen LogP contribution in [0.4, 0.5) is 0 Å². The van der Waals surface area contributed by atoms with Crippen LogP contribution in [0.1, 0.15) is 25.8 Å². The van der Waals surface area contributed by atoms with Crippen molar-refractivity contribution in [3.63, 3.8) is 0 Å². The molecule has 0 saturated carbocycles. The van der Waals surface area contributed by atoms with Crippen LogP contribution >= 0.6 is 0 Å². The minimum Gasteiger partial charge on any atom is -0.492 e. The number of hydrogen-bond acceptors (Lipinski definition) is 4. The molecule has 0 amide bonds. The van der Waals surface area contributed by atoms with E-state index in [0.717, 1.165) is 38.4 Å². The average Bonchev–Trinajstić information content (AvgIpc) is 2.46. The maximum atomic E-state index is 5.83. The van der Waals surface area contributed by atoms with Gasteiger partial charge in [-0.1, -0.05) is 26.0 Å². The van der Waals surface area contributed by atoms with Gasteiger partial charge in [-0.2, -0.15) is 0 Å². The van der Waals surface area contributed by atoms with Crippen LogP contribution in [0, 0.1) is 0 Å². The van der Waals surface area contributed by atoms with Gasteiger partial charge in [0.25, 0.3) is 0 Å². The highest BCUT2D eigenvalue weighted by Gasteiger charge is 2.01. The second kappa shape index (κ2) is 10.6. The summed E-state index contributed by atoms with van der Waals surface area (Å²) in [6.07, 6.45) is 1.06. The molecule has 4 heteroatoms. The first kappa shape index (κ1) is 18.0. The van der Waals surface area contributed by atoms with E-state index in [1.807, 2.05) is 6.07 Å². The molecule has 21 heavy (non-hydrogen) atoms. The Morgan fingerprint density at radius 3 is 2.71 bits per heavy atom. The molecule has 0 bridgehead atoms. The molecule has 0 fully saturated rings. The summed E-state index contributed by atoms with van der Waals surface area (Å²) in [5.74, 6) is 0.948. The first-order valence-corrected chi connectivity index (χ1v) is 7.74. The van der Waals surface area contributed by atoms with Gasteiger partial charge in [-0.15, -0.1) is 0 Å². The Balaban J connectivity index is 2.26. The molecule has 0 atom stereocenters. The largest absolute Gasteiger partial charge is 0.492 e. The van der Waals surface area contributed by atoms with E-state index < -0.39 is 0 Å². The van der Waals surface area contributed by atoms with Crippen LogP contribution in [0.2, 0.25) is 0 Å². The van der Waals surface area contributed by atoms with Crippen molar-refractivity contribution < 1.29 is 9.47 Å². The number of ether oxygens (including phenoxy) is 2. The van der Waals surface area contributed by atoms with E-state index in [9.17, 15) is 0 Å². The van der Waals surface area contributed by atoms with E-state index >= 15 is 0 Å². The lowest BCUT2D eigenvalue weighted by Crippen LogP contribution is -2.26. The first-order valence-electron chi connectivity index (χ1n) is 7.74. The lowest BCUT2D eigenvalue weighted by molar-refractivity contribution is 0.172. The normalized spacial score (nSPS) is 11.3. The van der Waals surface area contributed by atoms with Crippen LogP contribution in [-0.4, -0.2) is 51.4 Å². The van der Waals surface area contributed by atoms with Gasteiger partial charge in [0.15, 0.2) is 0 Å².